The van der Waals surface area contributed by atoms with Crippen molar-refractivity contribution in [3.05, 3.63) is 64.7 Å². The molecule has 1 N–H and O–H groups in total. The molecule has 0 heterocycles. The third-order valence-electron chi connectivity index (χ3n) is 4.86. The fourth-order valence-corrected chi connectivity index (χ4v) is 3.81. The summed E-state index contributed by atoms with van der Waals surface area (Å²) in [6.07, 6.45) is 7.63. The van der Waals surface area contributed by atoms with Crippen molar-refractivity contribution in [3.8, 4) is 0 Å². The largest absolute Gasteiger partial charge is 0.378 e. The summed E-state index contributed by atoms with van der Waals surface area (Å²) >= 11 is 0. The monoisotopic (exact) mass is 263 g/mol. The number of benzene rings is 2. The van der Waals surface area contributed by atoms with Crippen molar-refractivity contribution in [2.75, 3.05) is 5.32 Å². The van der Waals surface area contributed by atoms with Crippen molar-refractivity contribution in [2.45, 2.75) is 44.6 Å². The first-order chi connectivity index (χ1) is 9.92. The Labute approximate surface area is 121 Å². The van der Waals surface area contributed by atoms with Gasteiger partial charge in [0, 0.05) is 5.69 Å². The molecule has 0 radical (unpaired) electrons. The average molecular weight is 263 g/mol. The second-order valence-electron chi connectivity index (χ2n) is 6.08. The predicted octanol–water partition coefficient (Wildman–Crippen LogP) is 4.66. The Hall–Kier alpha value is -1.76. The highest BCUT2D eigenvalue weighted by Crippen LogP contribution is 2.36. The minimum atomic E-state index is 0.500. The highest BCUT2D eigenvalue weighted by atomic mass is 14.9. The molecule has 0 amide bonds. The molecule has 0 fully saturated rings. The average Bonchev–Trinajstić information content (AvgIpc) is 2.91. The first kappa shape index (κ1) is 12.0. The summed E-state index contributed by atoms with van der Waals surface area (Å²) < 4.78 is 0. The molecular weight excluding hydrogens is 242 g/mol. The van der Waals surface area contributed by atoms with E-state index in [1.54, 1.807) is 11.1 Å². The number of aryl methyl sites for hydroxylation is 2. The number of nitrogens with one attached hydrogen (secondary N) is 1. The van der Waals surface area contributed by atoms with Crippen LogP contribution in [0.5, 0.6) is 0 Å². The van der Waals surface area contributed by atoms with E-state index in [2.05, 4.69) is 47.8 Å². The van der Waals surface area contributed by atoms with Crippen molar-refractivity contribution in [1.82, 2.24) is 0 Å². The van der Waals surface area contributed by atoms with Gasteiger partial charge in [-0.2, -0.15) is 0 Å². The molecule has 0 saturated carbocycles. The van der Waals surface area contributed by atoms with E-state index in [1.807, 2.05) is 0 Å². The van der Waals surface area contributed by atoms with E-state index in [4.69, 9.17) is 0 Å². The Bertz CT molecular complexity index is 629. The molecule has 1 heteroatoms. The van der Waals surface area contributed by atoms with E-state index >= 15 is 0 Å². The van der Waals surface area contributed by atoms with Gasteiger partial charge in [0.15, 0.2) is 0 Å². The van der Waals surface area contributed by atoms with Gasteiger partial charge in [0.1, 0.15) is 0 Å². The molecule has 20 heavy (non-hydrogen) atoms. The van der Waals surface area contributed by atoms with Crippen LogP contribution in [-0.4, -0.2) is 0 Å². The molecule has 1 unspecified atom stereocenters. The third kappa shape index (κ3) is 2.02. The van der Waals surface area contributed by atoms with Gasteiger partial charge in [0.05, 0.1) is 6.04 Å². The molecule has 102 valence electrons. The zero-order valence-electron chi connectivity index (χ0n) is 11.9. The molecule has 2 aliphatic carbocycles. The van der Waals surface area contributed by atoms with Gasteiger partial charge < -0.3 is 5.32 Å². The molecule has 0 aliphatic heterocycles. The maximum absolute atomic E-state index is 3.83. The normalized spacial score (nSPS) is 20.3. The number of fused-ring (bicyclic) bond motifs is 2. The Morgan fingerprint density at radius 2 is 1.65 bits per heavy atom. The van der Waals surface area contributed by atoms with Crippen LogP contribution in [0.3, 0.4) is 0 Å². The Balaban J connectivity index is 1.65. The second-order valence-corrected chi connectivity index (χ2v) is 6.08. The lowest BCUT2D eigenvalue weighted by Gasteiger charge is -2.23. The fraction of sp³-hybridized carbons (Fsp3) is 0.368. The zero-order valence-corrected chi connectivity index (χ0v) is 11.9. The van der Waals surface area contributed by atoms with E-state index in [0.29, 0.717) is 6.04 Å². The van der Waals surface area contributed by atoms with Crippen molar-refractivity contribution in [1.29, 1.82) is 0 Å². The molecule has 0 saturated heterocycles. The van der Waals surface area contributed by atoms with Crippen molar-refractivity contribution < 1.29 is 0 Å². The zero-order chi connectivity index (χ0) is 13.4. The van der Waals surface area contributed by atoms with Gasteiger partial charge in [-0.05, 0) is 66.8 Å². The summed E-state index contributed by atoms with van der Waals surface area (Å²) in [7, 11) is 0. The van der Waals surface area contributed by atoms with Gasteiger partial charge >= 0.3 is 0 Å². The van der Waals surface area contributed by atoms with Gasteiger partial charge in [-0.3, -0.25) is 0 Å². The minimum absolute atomic E-state index is 0.500. The molecule has 1 atom stereocenters. The molecule has 0 aromatic heterocycles. The topological polar surface area (TPSA) is 12.0 Å². The maximum atomic E-state index is 3.83. The molecule has 4 rings (SSSR count). The van der Waals surface area contributed by atoms with Crippen LogP contribution >= 0.6 is 0 Å². The van der Waals surface area contributed by atoms with Gasteiger partial charge in [-0.25, -0.2) is 0 Å². The summed E-state index contributed by atoms with van der Waals surface area (Å²) in [5.41, 5.74) is 7.54. The number of rotatable bonds is 2. The van der Waals surface area contributed by atoms with E-state index in [-0.39, 0.29) is 0 Å². The molecule has 1 nitrogen and oxygen atoms in total. The highest BCUT2D eigenvalue weighted by molar-refractivity contribution is 5.57. The van der Waals surface area contributed by atoms with Crippen molar-refractivity contribution >= 4 is 5.69 Å². The third-order valence-corrected chi connectivity index (χ3v) is 4.86. The van der Waals surface area contributed by atoms with E-state index in [9.17, 15) is 0 Å². The molecule has 2 aromatic carbocycles. The molecule has 0 bridgehead atoms. The summed E-state index contributed by atoms with van der Waals surface area (Å²) in [6.45, 7) is 0. The Morgan fingerprint density at radius 1 is 0.800 bits per heavy atom. The van der Waals surface area contributed by atoms with Gasteiger partial charge in [0.25, 0.3) is 0 Å². The Kier molecular flexibility index (Phi) is 2.99. The SMILES string of the molecule is c1ccc2c(c1)CCC2Nc1cccc2c1CCCC2. The smallest absolute Gasteiger partial charge is 0.0519 e. The summed E-state index contributed by atoms with van der Waals surface area (Å²) in [5, 5.41) is 3.83. The van der Waals surface area contributed by atoms with Crippen LogP contribution in [0, 0.1) is 0 Å². The van der Waals surface area contributed by atoms with Gasteiger partial charge in [-0.15, -0.1) is 0 Å². The van der Waals surface area contributed by atoms with Crippen LogP contribution in [0.2, 0.25) is 0 Å². The van der Waals surface area contributed by atoms with Gasteiger partial charge in [-0.1, -0.05) is 36.4 Å². The number of hydrogen-bond donors (Lipinski definition) is 1. The first-order valence-corrected chi connectivity index (χ1v) is 7.87. The fourth-order valence-electron chi connectivity index (χ4n) is 3.81. The van der Waals surface area contributed by atoms with E-state index < -0.39 is 0 Å². The lowest BCUT2D eigenvalue weighted by molar-refractivity contribution is 0.682. The molecule has 0 spiro atoms. The quantitative estimate of drug-likeness (QED) is 0.830. The summed E-state index contributed by atoms with van der Waals surface area (Å²) in [4.78, 5) is 0. The summed E-state index contributed by atoms with van der Waals surface area (Å²) in [6, 6.07) is 16.2. The lowest BCUT2D eigenvalue weighted by Crippen LogP contribution is -2.12. The van der Waals surface area contributed by atoms with Crippen molar-refractivity contribution in [3.63, 3.8) is 0 Å². The highest BCUT2D eigenvalue weighted by Gasteiger charge is 2.23. The Morgan fingerprint density at radius 3 is 2.65 bits per heavy atom. The van der Waals surface area contributed by atoms with Crippen LogP contribution in [0.4, 0.5) is 5.69 Å². The summed E-state index contributed by atoms with van der Waals surface area (Å²) in [5.74, 6) is 0. The number of anilines is 1. The van der Waals surface area contributed by atoms with Crippen molar-refractivity contribution in [2.24, 2.45) is 0 Å². The molecule has 2 aromatic rings. The lowest BCUT2D eigenvalue weighted by atomic mass is 9.90. The number of hydrogen-bond acceptors (Lipinski definition) is 1. The predicted molar refractivity (Wildman–Crippen MR) is 84.2 cm³/mol. The molecule has 2 aliphatic rings. The van der Waals surface area contributed by atoms with Crippen LogP contribution in [0.1, 0.15) is 47.6 Å². The van der Waals surface area contributed by atoms with Crippen LogP contribution in [-0.2, 0) is 19.3 Å². The van der Waals surface area contributed by atoms with E-state index in [1.165, 1.54) is 55.3 Å². The standard InChI is InChI=1S/C19H21N/c1-3-9-16-14(6-1)8-5-11-18(16)20-19-13-12-15-7-2-4-10-17(15)19/h2,4-5,7-8,10-11,19-20H,1,3,6,9,12-13H2. The molecular formula is C19H21N. The van der Waals surface area contributed by atoms with Crippen LogP contribution < -0.4 is 5.32 Å². The first-order valence-electron chi connectivity index (χ1n) is 7.87. The second kappa shape index (κ2) is 4.97. The van der Waals surface area contributed by atoms with Crippen LogP contribution in [0.25, 0.3) is 0 Å². The minimum Gasteiger partial charge on any atom is -0.378 e. The van der Waals surface area contributed by atoms with Gasteiger partial charge in [0.2, 0.25) is 0 Å². The van der Waals surface area contributed by atoms with E-state index in [0.717, 1.165) is 0 Å². The maximum Gasteiger partial charge on any atom is 0.0519 e. The van der Waals surface area contributed by atoms with Crippen LogP contribution in [0.15, 0.2) is 42.5 Å².